The largest absolute Gasteiger partial charge is 0.461 e. The molecule has 1 aromatic rings. The van der Waals surface area contributed by atoms with Gasteiger partial charge in [0.1, 0.15) is 5.69 Å². The van der Waals surface area contributed by atoms with Crippen molar-refractivity contribution in [1.82, 2.24) is 4.98 Å². The summed E-state index contributed by atoms with van der Waals surface area (Å²) in [6.07, 6.45) is 1.63. The molecule has 0 saturated heterocycles. The van der Waals surface area contributed by atoms with E-state index in [0.29, 0.717) is 12.3 Å². The fourth-order valence-electron chi connectivity index (χ4n) is 0.702. The van der Waals surface area contributed by atoms with E-state index in [1.54, 1.807) is 19.2 Å². The third kappa shape index (κ3) is 2.44. The minimum atomic E-state index is -0.367. The Hall–Kier alpha value is -0.650. The number of esters is 1. The van der Waals surface area contributed by atoms with Crippen molar-refractivity contribution in [2.75, 3.05) is 6.61 Å². The molecule has 0 bridgehead atoms. The highest BCUT2D eigenvalue weighted by molar-refractivity contribution is 14.1. The minimum absolute atomic E-state index is 0.359. The second-order valence-electron chi connectivity index (χ2n) is 2.08. The third-order valence-electron chi connectivity index (χ3n) is 1.21. The van der Waals surface area contributed by atoms with Crippen molar-refractivity contribution in [2.45, 2.75) is 6.92 Å². The summed E-state index contributed by atoms with van der Waals surface area (Å²) in [6, 6.07) is 3.47. The van der Waals surface area contributed by atoms with Gasteiger partial charge < -0.3 is 4.74 Å². The summed E-state index contributed by atoms with van der Waals surface area (Å²) in [6.45, 7) is 2.15. The van der Waals surface area contributed by atoms with E-state index in [4.69, 9.17) is 4.74 Å². The molecule has 0 N–H and O–H groups in total. The van der Waals surface area contributed by atoms with E-state index in [1.807, 2.05) is 6.07 Å². The van der Waals surface area contributed by atoms with Crippen molar-refractivity contribution in [1.29, 1.82) is 0 Å². The van der Waals surface area contributed by atoms with Crippen molar-refractivity contribution in [3.05, 3.63) is 27.6 Å². The van der Waals surface area contributed by atoms with E-state index >= 15 is 0 Å². The number of carbonyl (C=O) groups is 1. The molecule has 0 aliphatic carbocycles. The van der Waals surface area contributed by atoms with Crippen molar-refractivity contribution in [3.8, 4) is 0 Å². The Bertz CT molecular complexity index is 271. The first-order chi connectivity index (χ1) is 5.74. The zero-order valence-corrected chi connectivity index (χ0v) is 8.74. The highest BCUT2D eigenvalue weighted by atomic mass is 127. The number of hydrogen-bond acceptors (Lipinski definition) is 3. The zero-order valence-electron chi connectivity index (χ0n) is 6.58. The zero-order chi connectivity index (χ0) is 8.97. The molecule has 0 aliphatic heterocycles. The van der Waals surface area contributed by atoms with Gasteiger partial charge in [-0.15, -0.1) is 0 Å². The molecule has 0 unspecified atom stereocenters. The maximum Gasteiger partial charge on any atom is 0.356 e. The van der Waals surface area contributed by atoms with E-state index < -0.39 is 0 Å². The fourth-order valence-corrected chi connectivity index (χ4v) is 1.02. The number of aromatic nitrogens is 1. The molecule has 0 aromatic carbocycles. The molecule has 0 saturated carbocycles. The average molecular weight is 277 g/mol. The summed E-state index contributed by atoms with van der Waals surface area (Å²) in [5.41, 5.74) is 0.359. The number of rotatable bonds is 2. The molecule has 1 heterocycles. The van der Waals surface area contributed by atoms with E-state index in [2.05, 4.69) is 27.6 Å². The topological polar surface area (TPSA) is 39.2 Å². The molecule has 0 fully saturated rings. The number of nitrogens with zero attached hydrogens (tertiary/aromatic N) is 1. The summed E-state index contributed by atoms with van der Waals surface area (Å²) in [4.78, 5) is 15.0. The predicted octanol–water partition coefficient (Wildman–Crippen LogP) is 1.86. The Balaban J connectivity index is 2.75. The first kappa shape index (κ1) is 9.44. The van der Waals surface area contributed by atoms with Gasteiger partial charge in [-0.2, -0.15) is 0 Å². The second kappa shape index (κ2) is 4.39. The number of ether oxygens (including phenoxy) is 1. The Kier molecular flexibility index (Phi) is 3.46. The quantitative estimate of drug-likeness (QED) is 0.612. The maximum atomic E-state index is 11.1. The van der Waals surface area contributed by atoms with Gasteiger partial charge in [0.05, 0.1) is 6.61 Å². The van der Waals surface area contributed by atoms with Crippen molar-refractivity contribution in [3.63, 3.8) is 0 Å². The number of pyridine rings is 1. The number of halogens is 1. The fraction of sp³-hybridized carbons (Fsp3) is 0.250. The molecule has 3 nitrogen and oxygen atoms in total. The van der Waals surface area contributed by atoms with Crippen LogP contribution in [0.1, 0.15) is 17.4 Å². The van der Waals surface area contributed by atoms with Gasteiger partial charge in [0.15, 0.2) is 0 Å². The lowest BCUT2D eigenvalue weighted by atomic mass is 10.4. The van der Waals surface area contributed by atoms with Crippen LogP contribution in [-0.2, 0) is 4.74 Å². The van der Waals surface area contributed by atoms with E-state index in [-0.39, 0.29) is 5.97 Å². The molecular formula is C8H8INO2. The van der Waals surface area contributed by atoms with Crippen LogP contribution >= 0.6 is 22.6 Å². The standard InChI is InChI=1S/C8H8INO2/c1-2-12-8(11)7-4-3-6(9)5-10-7/h3-5H,2H2,1H3. The smallest absolute Gasteiger partial charge is 0.356 e. The van der Waals surface area contributed by atoms with E-state index in [1.165, 1.54) is 0 Å². The summed E-state index contributed by atoms with van der Waals surface area (Å²) in [7, 11) is 0. The van der Waals surface area contributed by atoms with Gasteiger partial charge in [-0.1, -0.05) is 0 Å². The highest BCUT2D eigenvalue weighted by Gasteiger charge is 2.05. The maximum absolute atomic E-state index is 11.1. The van der Waals surface area contributed by atoms with Crippen LogP contribution < -0.4 is 0 Å². The lowest BCUT2D eigenvalue weighted by Crippen LogP contribution is -2.06. The van der Waals surface area contributed by atoms with E-state index in [9.17, 15) is 4.79 Å². The Morgan fingerprint density at radius 3 is 2.92 bits per heavy atom. The van der Waals surface area contributed by atoms with Gasteiger partial charge in [0, 0.05) is 9.77 Å². The van der Waals surface area contributed by atoms with Gasteiger partial charge in [0.2, 0.25) is 0 Å². The van der Waals surface area contributed by atoms with Gasteiger partial charge in [-0.25, -0.2) is 9.78 Å². The Morgan fingerprint density at radius 2 is 2.42 bits per heavy atom. The van der Waals surface area contributed by atoms with Crippen LogP contribution in [0, 0.1) is 3.57 Å². The lowest BCUT2D eigenvalue weighted by molar-refractivity contribution is 0.0519. The van der Waals surface area contributed by atoms with Gasteiger partial charge in [0.25, 0.3) is 0 Å². The molecule has 0 spiro atoms. The summed E-state index contributed by atoms with van der Waals surface area (Å²) < 4.78 is 5.76. The molecule has 0 aliphatic rings. The lowest BCUT2D eigenvalue weighted by Gasteiger charge is -1.99. The normalized spacial score (nSPS) is 9.50. The molecule has 1 aromatic heterocycles. The van der Waals surface area contributed by atoms with Gasteiger partial charge in [-0.3, -0.25) is 0 Å². The molecule has 64 valence electrons. The highest BCUT2D eigenvalue weighted by Crippen LogP contribution is 2.03. The molecule has 0 amide bonds. The minimum Gasteiger partial charge on any atom is -0.461 e. The first-order valence-corrected chi connectivity index (χ1v) is 4.60. The van der Waals surface area contributed by atoms with Crippen molar-refractivity contribution >= 4 is 28.6 Å². The molecule has 1 rings (SSSR count). The van der Waals surface area contributed by atoms with Crippen LogP contribution in [0.3, 0.4) is 0 Å². The van der Waals surface area contributed by atoms with Crippen LogP contribution in [-0.4, -0.2) is 17.6 Å². The summed E-state index contributed by atoms with van der Waals surface area (Å²) in [5, 5.41) is 0. The van der Waals surface area contributed by atoms with Crippen LogP contribution in [0.15, 0.2) is 18.3 Å². The van der Waals surface area contributed by atoms with Gasteiger partial charge >= 0.3 is 5.97 Å². The van der Waals surface area contributed by atoms with Crippen LogP contribution in [0.4, 0.5) is 0 Å². The third-order valence-corrected chi connectivity index (χ3v) is 1.85. The second-order valence-corrected chi connectivity index (χ2v) is 3.33. The molecule has 12 heavy (non-hydrogen) atoms. The Labute approximate surface area is 84.3 Å². The first-order valence-electron chi connectivity index (χ1n) is 3.52. The SMILES string of the molecule is CCOC(=O)c1ccc(I)cn1. The molecule has 0 atom stereocenters. The monoisotopic (exact) mass is 277 g/mol. The van der Waals surface area contributed by atoms with Crippen molar-refractivity contribution < 1.29 is 9.53 Å². The number of hydrogen-bond donors (Lipinski definition) is 0. The Morgan fingerprint density at radius 1 is 1.67 bits per heavy atom. The van der Waals surface area contributed by atoms with Crippen molar-refractivity contribution in [2.24, 2.45) is 0 Å². The van der Waals surface area contributed by atoms with Crippen LogP contribution in [0.25, 0.3) is 0 Å². The molecule has 0 radical (unpaired) electrons. The summed E-state index contributed by atoms with van der Waals surface area (Å²) in [5.74, 6) is -0.367. The molecule has 4 heteroatoms. The van der Waals surface area contributed by atoms with Crippen LogP contribution in [0.5, 0.6) is 0 Å². The summed E-state index contributed by atoms with van der Waals surface area (Å²) >= 11 is 2.13. The van der Waals surface area contributed by atoms with Gasteiger partial charge in [-0.05, 0) is 41.6 Å². The predicted molar refractivity (Wildman–Crippen MR) is 52.9 cm³/mol. The number of carbonyl (C=O) groups excluding carboxylic acids is 1. The van der Waals surface area contributed by atoms with E-state index in [0.717, 1.165) is 3.57 Å². The molecular weight excluding hydrogens is 269 g/mol. The van der Waals surface area contributed by atoms with Crippen LogP contribution in [0.2, 0.25) is 0 Å². The average Bonchev–Trinajstić information content (AvgIpc) is 2.06.